The lowest BCUT2D eigenvalue weighted by Gasteiger charge is -2.14. The Balaban J connectivity index is 1.98. The summed E-state index contributed by atoms with van der Waals surface area (Å²) in [5.74, 6) is 1.26. The molecule has 1 fully saturated rings. The van der Waals surface area contributed by atoms with Crippen LogP contribution in [0.3, 0.4) is 0 Å². The quantitative estimate of drug-likeness (QED) is 0.712. The van der Waals surface area contributed by atoms with Gasteiger partial charge >= 0.3 is 0 Å². The van der Waals surface area contributed by atoms with Crippen LogP contribution in [0.15, 0.2) is 12.1 Å². The van der Waals surface area contributed by atoms with Gasteiger partial charge in [-0.1, -0.05) is 11.6 Å². The summed E-state index contributed by atoms with van der Waals surface area (Å²) in [7, 11) is 1.62. The van der Waals surface area contributed by atoms with Gasteiger partial charge in [0.2, 0.25) is 0 Å². The fraction of sp³-hybridized carbons (Fsp3) is 0.600. The van der Waals surface area contributed by atoms with Gasteiger partial charge in [0.1, 0.15) is 6.61 Å². The summed E-state index contributed by atoms with van der Waals surface area (Å²) in [5.41, 5.74) is 1.11. The number of halogens is 1. The molecule has 0 radical (unpaired) electrons. The molecule has 112 valence electrons. The molecule has 0 amide bonds. The van der Waals surface area contributed by atoms with Crippen LogP contribution in [0.1, 0.15) is 25.3 Å². The average Bonchev–Trinajstić information content (AvgIpc) is 3.26. The first-order valence-corrected chi connectivity index (χ1v) is 7.42. The molecule has 0 aliphatic heterocycles. The van der Waals surface area contributed by atoms with Crippen LogP contribution in [0.25, 0.3) is 0 Å². The van der Waals surface area contributed by atoms with Gasteiger partial charge in [-0.05, 0) is 37.5 Å². The molecule has 0 bridgehead atoms. The highest BCUT2D eigenvalue weighted by molar-refractivity contribution is 6.32. The predicted octanol–water partition coefficient (Wildman–Crippen LogP) is 3.02. The molecule has 0 spiro atoms. The van der Waals surface area contributed by atoms with Crippen molar-refractivity contribution in [1.82, 2.24) is 5.32 Å². The van der Waals surface area contributed by atoms with Gasteiger partial charge in [-0.25, -0.2) is 0 Å². The molecule has 2 rings (SSSR count). The van der Waals surface area contributed by atoms with Crippen molar-refractivity contribution in [2.75, 3.05) is 26.9 Å². The minimum absolute atomic E-state index is 0.462. The van der Waals surface area contributed by atoms with Gasteiger partial charge in [-0.15, -0.1) is 0 Å². The number of rotatable bonds is 9. The van der Waals surface area contributed by atoms with E-state index in [1.165, 1.54) is 12.8 Å². The van der Waals surface area contributed by atoms with Gasteiger partial charge in [-0.3, -0.25) is 0 Å². The fourth-order valence-corrected chi connectivity index (χ4v) is 2.20. The Morgan fingerprint density at radius 2 is 2.10 bits per heavy atom. The van der Waals surface area contributed by atoms with Crippen molar-refractivity contribution < 1.29 is 14.2 Å². The van der Waals surface area contributed by atoms with Crippen LogP contribution >= 0.6 is 11.6 Å². The maximum atomic E-state index is 6.28. The summed E-state index contributed by atoms with van der Waals surface area (Å²) in [4.78, 5) is 0. The lowest BCUT2D eigenvalue weighted by atomic mass is 10.2. The third kappa shape index (κ3) is 4.54. The summed E-state index contributed by atoms with van der Waals surface area (Å²) >= 11 is 6.28. The van der Waals surface area contributed by atoms with E-state index in [2.05, 4.69) is 5.32 Å². The van der Waals surface area contributed by atoms with Gasteiger partial charge < -0.3 is 19.5 Å². The monoisotopic (exact) mass is 299 g/mol. The van der Waals surface area contributed by atoms with Crippen LogP contribution in [0.2, 0.25) is 5.02 Å². The number of methoxy groups -OCH3 is 1. The van der Waals surface area contributed by atoms with Crippen LogP contribution < -0.4 is 14.8 Å². The molecule has 20 heavy (non-hydrogen) atoms. The summed E-state index contributed by atoms with van der Waals surface area (Å²) < 4.78 is 16.3. The zero-order valence-electron chi connectivity index (χ0n) is 12.1. The molecule has 1 aliphatic rings. The molecule has 0 saturated heterocycles. The summed E-state index contributed by atoms with van der Waals surface area (Å²) in [6.45, 7) is 4.44. The first-order chi connectivity index (χ1) is 9.74. The van der Waals surface area contributed by atoms with E-state index >= 15 is 0 Å². The molecule has 0 aromatic heterocycles. The van der Waals surface area contributed by atoms with Crippen LogP contribution in [0, 0.1) is 0 Å². The zero-order valence-corrected chi connectivity index (χ0v) is 12.8. The highest BCUT2D eigenvalue weighted by Gasteiger charge is 2.20. The van der Waals surface area contributed by atoms with E-state index < -0.39 is 0 Å². The Bertz CT molecular complexity index is 435. The normalized spacial score (nSPS) is 14.3. The molecule has 1 saturated carbocycles. The number of hydrogen-bond acceptors (Lipinski definition) is 4. The minimum Gasteiger partial charge on any atom is -0.493 e. The van der Waals surface area contributed by atoms with E-state index in [4.69, 9.17) is 25.8 Å². The first-order valence-electron chi connectivity index (χ1n) is 7.05. The molecule has 1 aromatic carbocycles. The van der Waals surface area contributed by atoms with Gasteiger partial charge in [0.15, 0.2) is 11.5 Å². The maximum Gasteiger partial charge on any atom is 0.179 e. The molecule has 5 heteroatoms. The Morgan fingerprint density at radius 3 is 2.75 bits per heavy atom. The molecule has 0 heterocycles. The average molecular weight is 300 g/mol. The lowest BCUT2D eigenvalue weighted by molar-refractivity contribution is 0.109. The van der Waals surface area contributed by atoms with Crippen LogP contribution in [-0.2, 0) is 11.3 Å². The third-order valence-electron chi connectivity index (χ3n) is 3.14. The van der Waals surface area contributed by atoms with E-state index in [0.717, 1.165) is 12.1 Å². The number of hydrogen-bond donors (Lipinski definition) is 1. The molecule has 1 N–H and O–H groups in total. The SMILES string of the molecule is CCOCCOc1c(Cl)cc(CNC2CC2)cc1OC. The largest absolute Gasteiger partial charge is 0.493 e. The molecular weight excluding hydrogens is 278 g/mol. The second-order valence-corrected chi connectivity index (χ2v) is 5.22. The maximum absolute atomic E-state index is 6.28. The molecule has 1 aliphatic carbocycles. The minimum atomic E-state index is 0.462. The van der Waals surface area contributed by atoms with Gasteiger partial charge in [0.25, 0.3) is 0 Å². The molecule has 1 aromatic rings. The number of nitrogens with one attached hydrogen (secondary N) is 1. The van der Waals surface area contributed by atoms with E-state index in [1.54, 1.807) is 7.11 Å². The standard InChI is InChI=1S/C15H22ClNO3/c1-3-19-6-7-20-15-13(16)8-11(9-14(15)18-2)10-17-12-4-5-12/h8-9,12,17H,3-7,10H2,1-2H3. The van der Waals surface area contributed by atoms with Crippen molar-refractivity contribution in [3.05, 3.63) is 22.7 Å². The van der Waals surface area contributed by atoms with Crippen molar-refractivity contribution in [3.63, 3.8) is 0 Å². The molecular formula is C15H22ClNO3. The Hall–Kier alpha value is -0.970. The molecule has 0 unspecified atom stereocenters. The highest BCUT2D eigenvalue weighted by atomic mass is 35.5. The molecule has 4 nitrogen and oxygen atoms in total. The second kappa shape index (κ2) is 7.72. The van der Waals surface area contributed by atoms with E-state index in [9.17, 15) is 0 Å². The Labute approximate surface area is 125 Å². The summed E-state index contributed by atoms with van der Waals surface area (Å²) in [5, 5.41) is 4.03. The van der Waals surface area contributed by atoms with Crippen LogP contribution in [-0.4, -0.2) is 33.0 Å². The van der Waals surface area contributed by atoms with Crippen LogP contribution in [0.5, 0.6) is 11.5 Å². The summed E-state index contributed by atoms with van der Waals surface area (Å²) in [6.07, 6.45) is 2.53. The van der Waals surface area contributed by atoms with Crippen molar-refractivity contribution in [1.29, 1.82) is 0 Å². The Morgan fingerprint density at radius 1 is 1.30 bits per heavy atom. The first kappa shape index (κ1) is 15.4. The fourth-order valence-electron chi connectivity index (χ4n) is 1.91. The van der Waals surface area contributed by atoms with Crippen molar-refractivity contribution in [3.8, 4) is 11.5 Å². The zero-order chi connectivity index (χ0) is 14.4. The number of ether oxygens (including phenoxy) is 3. The lowest BCUT2D eigenvalue weighted by Crippen LogP contribution is -2.15. The van der Waals surface area contributed by atoms with Crippen molar-refractivity contribution in [2.45, 2.75) is 32.4 Å². The van der Waals surface area contributed by atoms with Gasteiger partial charge in [-0.2, -0.15) is 0 Å². The van der Waals surface area contributed by atoms with Crippen LogP contribution in [0.4, 0.5) is 0 Å². The molecule has 0 atom stereocenters. The predicted molar refractivity (Wildman–Crippen MR) is 79.9 cm³/mol. The summed E-state index contributed by atoms with van der Waals surface area (Å²) in [6, 6.07) is 4.56. The smallest absolute Gasteiger partial charge is 0.179 e. The number of benzene rings is 1. The highest BCUT2D eigenvalue weighted by Crippen LogP contribution is 2.36. The van der Waals surface area contributed by atoms with Crippen molar-refractivity contribution in [2.24, 2.45) is 0 Å². The Kier molecular flexibility index (Phi) is 5.95. The third-order valence-corrected chi connectivity index (χ3v) is 3.42. The van der Waals surface area contributed by atoms with Gasteiger partial charge in [0.05, 0.1) is 18.7 Å². The van der Waals surface area contributed by atoms with E-state index in [0.29, 0.717) is 42.4 Å². The van der Waals surface area contributed by atoms with E-state index in [-0.39, 0.29) is 0 Å². The van der Waals surface area contributed by atoms with Crippen molar-refractivity contribution >= 4 is 11.6 Å². The second-order valence-electron chi connectivity index (χ2n) is 4.81. The van der Waals surface area contributed by atoms with E-state index in [1.807, 2.05) is 19.1 Å². The topological polar surface area (TPSA) is 39.7 Å². The van der Waals surface area contributed by atoms with Gasteiger partial charge in [0, 0.05) is 19.2 Å².